The molecule has 96 valence electrons. The highest BCUT2D eigenvalue weighted by Gasteiger charge is 2.06. The Kier molecular flexibility index (Phi) is 5.64. The number of carbonyl (C=O) groups is 1. The van der Waals surface area contributed by atoms with Crippen molar-refractivity contribution in [2.24, 2.45) is 0 Å². The van der Waals surface area contributed by atoms with Crippen molar-refractivity contribution in [3.05, 3.63) is 42.6 Å². The van der Waals surface area contributed by atoms with Gasteiger partial charge in [0, 0.05) is 31.4 Å². The van der Waals surface area contributed by atoms with Crippen LogP contribution in [-0.4, -0.2) is 29.7 Å². The highest BCUT2D eigenvalue weighted by atomic mass is 16.4. The van der Waals surface area contributed by atoms with Crippen LogP contribution in [0.15, 0.2) is 37.1 Å². The average molecular weight is 246 g/mol. The van der Waals surface area contributed by atoms with Crippen LogP contribution >= 0.6 is 0 Å². The van der Waals surface area contributed by atoms with Crippen LogP contribution in [0.25, 0.3) is 6.08 Å². The molecule has 4 heteroatoms. The van der Waals surface area contributed by atoms with E-state index in [2.05, 4.69) is 11.6 Å². The molecule has 0 aliphatic heterocycles. The van der Waals surface area contributed by atoms with E-state index in [1.165, 1.54) is 0 Å². The largest absolute Gasteiger partial charge is 0.478 e. The number of hydrogen-bond acceptors (Lipinski definition) is 3. The van der Waals surface area contributed by atoms with Gasteiger partial charge in [0.05, 0.1) is 0 Å². The minimum Gasteiger partial charge on any atom is -0.478 e. The van der Waals surface area contributed by atoms with Gasteiger partial charge in [-0.15, -0.1) is 6.58 Å². The molecule has 0 fully saturated rings. The molecular weight excluding hydrogens is 228 g/mol. The van der Waals surface area contributed by atoms with Gasteiger partial charge in [0.25, 0.3) is 0 Å². The first-order chi connectivity index (χ1) is 8.65. The molecule has 0 bridgehead atoms. The van der Waals surface area contributed by atoms with Gasteiger partial charge >= 0.3 is 5.97 Å². The first-order valence-electron chi connectivity index (χ1n) is 5.83. The molecule has 0 spiro atoms. The minimum absolute atomic E-state index is 0.791. The first-order valence-corrected chi connectivity index (χ1v) is 5.83. The quantitative estimate of drug-likeness (QED) is 0.456. The highest BCUT2D eigenvalue weighted by molar-refractivity contribution is 5.86. The van der Waals surface area contributed by atoms with E-state index < -0.39 is 5.97 Å². The first kappa shape index (κ1) is 14.0. The summed E-state index contributed by atoms with van der Waals surface area (Å²) in [5.41, 5.74) is 0.806. The fourth-order valence-corrected chi connectivity index (χ4v) is 1.60. The topological polar surface area (TPSA) is 53.4 Å². The molecule has 1 aromatic rings. The van der Waals surface area contributed by atoms with E-state index in [1.807, 2.05) is 24.1 Å². The van der Waals surface area contributed by atoms with Crippen LogP contribution in [0.2, 0.25) is 0 Å². The summed E-state index contributed by atoms with van der Waals surface area (Å²) in [6.07, 6.45) is 8.23. The van der Waals surface area contributed by atoms with E-state index in [0.717, 1.165) is 36.8 Å². The smallest absolute Gasteiger partial charge is 0.328 e. The van der Waals surface area contributed by atoms with Crippen LogP contribution in [-0.2, 0) is 4.79 Å². The Morgan fingerprint density at radius 2 is 2.39 bits per heavy atom. The lowest BCUT2D eigenvalue weighted by Gasteiger charge is -2.19. The number of allylic oxidation sites excluding steroid dienone is 1. The monoisotopic (exact) mass is 246 g/mol. The van der Waals surface area contributed by atoms with Crippen LogP contribution in [0, 0.1) is 0 Å². The number of carboxylic acid groups (broad SMARTS) is 1. The number of aromatic nitrogens is 1. The second-order valence-electron chi connectivity index (χ2n) is 3.94. The molecule has 1 aromatic heterocycles. The third kappa shape index (κ3) is 4.41. The molecule has 0 saturated carbocycles. The maximum atomic E-state index is 10.5. The van der Waals surface area contributed by atoms with Crippen molar-refractivity contribution < 1.29 is 9.90 Å². The van der Waals surface area contributed by atoms with Crippen LogP contribution in [0.5, 0.6) is 0 Å². The van der Waals surface area contributed by atoms with Gasteiger partial charge in [-0.25, -0.2) is 9.78 Å². The lowest BCUT2D eigenvalue weighted by Crippen LogP contribution is -2.20. The number of unbranched alkanes of at least 4 members (excludes halogenated alkanes) is 1. The zero-order valence-electron chi connectivity index (χ0n) is 10.5. The van der Waals surface area contributed by atoms with Gasteiger partial charge < -0.3 is 10.0 Å². The van der Waals surface area contributed by atoms with E-state index in [4.69, 9.17) is 5.11 Å². The zero-order chi connectivity index (χ0) is 13.4. The number of anilines is 1. The molecule has 0 radical (unpaired) electrons. The molecule has 1 N–H and O–H groups in total. The molecule has 1 rings (SSSR count). The van der Waals surface area contributed by atoms with E-state index >= 15 is 0 Å². The van der Waals surface area contributed by atoms with E-state index in [0.29, 0.717) is 0 Å². The molecule has 0 saturated heterocycles. The van der Waals surface area contributed by atoms with Gasteiger partial charge in [0.1, 0.15) is 5.82 Å². The summed E-state index contributed by atoms with van der Waals surface area (Å²) in [4.78, 5) is 16.8. The molecule has 0 aliphatic carbocycles. The molecule has 1 heterocycles. The van der Waals surface area contributed by atoms with Crippen molar-refractivity contribution in [3.8, 4) is 0 Å². The molecule has 0 unspecified atom stereocenters. The Hall–Kier alpha value is -2.10. The van der Waals surface area contributed by atoms with Crippen LogP contribution in [0.4, 0.5) is 5.82 Å². The third-order valence-electron chi connectivity index (χ3n) is 2.49. The maximum Gasteiger partial charge on any atom is 0.328 e. The van der Waals surface area contributed by atoms with Crippen molar-refractivity contribution >= 4 is 17.9 Å². The summed E-state index contributed by atoms with van der Waals surface area (Å²) in [6.45, 7) is 4.54. The Morgan fingerprint density at radius 3 is 3.06 bits per heavy atom. The van der Waals surface area contributed by atoms with Crippen molar-refractivity contribution in [2.45, 2.75) is 12.8 Å². The SMILES string of the molecule is C=CCCCN(C)c1ncccc1/C=C/C(=O)O. The Balaban J connectivity index is 2.80. The molecule has 0 aromatic carbocycles. The van der Waals surface area contributed by atoms with Crippen LogP contribution in [0.1, 0.15) is 18.4 Å². The minimum atomic E-state index is -0.959. The van der Waals surface area contributed by atoms with Gasteiger partial charge in [-0.2, -0.15) is 0 Å². The van der Waals surface area contributed by atoms with Gasteiger partial charge in [-0.3, -0.25) is 0 Å². The van der Waals surface area contributed by atoms with Gasteiger partial charge in [-0.05, 0) is 31.1 Å². The highest BCUT2D eigenvalue weighted by Crippen LogP contribution is 2.17. The number of pyridine rings is 1. The number of aliphatic carboxylic acids is 1. The molecule has 4 nitrogen and oxygen atoms in total. The van der Waals surface area contributed by atoms with Crippen molar-refractivity contribution in [3.63, 3.8) is 0 Å². The fourth-order valence-electron chi connectivity index (χ4n) is 1.60. The number of carboxylic acids is 1. The summed E-state index contributed by atoms with van der Waals surface area (Å²) in [5.74, 6) is -0.168. The van der Waals surface area contributed by atoms with E-state index in [9.17, 15) is 4.79 Å². The zero-order valence-corrected chi connectivity index (χ0v) is 10.5. The van der Waals surface area contributed by atoms with Crippen molar-refractivity contribution in [2.75, 3.05) is 18.5 Å². The number of nitrogens with zero attached hydrogens (tertiary/aromatic N) is 2. The number of rotatable bonds is 7. The third-order valence-corrected chi connectivity index (χ3v) is 2.49. The lowest BCUT2D eigenvalue weighted by atomic mass is 10.2. The Morgan fingerprint density at radius 1 is 1.61 bits per heavy atom. The normalized spacial score (nSPS) is 10.5. The van der Waals surface area contributed by atoms with Gasteiger partial charge in [-0.1, -0.05) is 6.08 Å². The Labute approximate surface area is 107 Å². The van der Waals surface area contributed by atoms with Crippen LogP contribution < -0.4 is 4.90 Å². The Bertz CT molecular complexity index is 441. The van der Waals surface area contributed by atoms with Gasteiger partial charge in [0.15, 0.2) is 0 Å². The predicted octanol–water partition coefficient (Wildman–Crippen LogP) is 2.58. The average Bonchev–Trinajstić information content (AvgIpc) is 2.37. The summed E-state index contributed by atoms with van der Waals surface area (Å²) in [7, 11) is 1.95. The molecular formula is C14H18N2O2. The lowest BCUT2D eigenvalue weighted by molar-refractivity contribution is -0.131. The summed E-state index contributed by atoms with van der Waals surface area (Å²) >= 11 is 0. The molecule has 0 amide bonds. The number of hydrogen-bond donors (Lipinski definition) is 1. The van der Waals surface area contributed by atoms with Crippen LogP contribution in [0.3, 0.4) is 0 Å². The van der Waals surface area contributed by atoms with Crippen molar-refractivity contribution in [1.82, 2.24) is 4.98 Å². The summed E-state index contributed by atoms with van der Waals surface area (Å²) < 4.78 is 0. The predicted molar refractivity (Wildman–Crippen MR) is 73.6 cm³/mol. The fraction of sp³-hybridized carbons (Fsp3) is 0.286. The summed E-state index contributed by atoms with van der Waals surface area (Å²) in [6, 6.07) is 3.65. The molecule has 0 aliphatic rings. The second kappa shape index (κ2) is 7.27. The molecule has 0 atom stereocenters. The van der Waals surface area contributed by atoms with Gasteiger partial charge in [0.2, 0.25) is 0 Å². The maximum absolute atomic E-state index is 10.5. The summed E-state index contributed by atoms with van der Waals surface area (Å²) in [5, 5.41) is 8.65. The van der Waals surface area contributed by atoms with E-state index in [1.54, 1.807) is 18.3 Å². The molecule has 18 heavy (non-hydrogen) atoms. The van der Waals surface area contributed by atoms with E-state index in [-0.39, 0.29) is 0 Å². The second-order valence-corrected chi connectivity index (χ2v) is 3.94. The van der Waals surface area contributed by atoms with Crippen molar-refractivity contribution in [1.29, 1.82) is 0 Å². The standard InChI is InChI=1S/C14H18N2O2/c1-3-4-5-11-16(2)14-12(7-6-10-15-14)8-9-13(17)18/h3,6-10H,1,4-5,11H2,2H3,(H,17,18)/b9-8+.